The zero-order valence-electron chi connectivity index (χ0n) is 18.9. The molecule has 0 saturated carbocycles. The first-order chi connectivity index (χ1) is 15.0. The average molecular weight is 429 g/mol. The van der Waals surface area contributed by atoms with E-state index >= 15 is 0 Å². The molecule has 3 rings (SSSR count). The second-order valence-electron chi connectivity index (χ2n) is 8.73. The Morgan fingerprint density at radius 3 is 2.48 bits per heavy atom. The second kappa shape index (κ2) is 10.8. The van der Waals surface area contributed by atoms with E-state index < -0.39 is 12.1 Å². The minimum atomic E-state index is -0.574. The number of hydrogen-bond donors (Lipinski definition) is 3. The lowest BCUT2D eigenvalue weighted by molar-refractivity contribution is -0.144. The van der Waals surface area contributed by atoms with E-state index in [2.05, 4.69) is 16.0 Å². The van der Waals surface area contributed by atoms with Crippen molar-refractivity contribution in [3.63, 3.8) is 0 Å². The molecule has 0 aliphatic carbocycles. The number of rotatable bonds is 7. The molecule has 2 aliphatic heterocycles. The van der Waals surface area contributed by atoms with Gasteiger partial charge in [-0.2, -0.15) is 0 Å². The molecule has 2 aliphatic rings. The standard InChI is InChI=1S/C24H36N4O3/c1-4-19(17-10-6-5-7-11-17)26-23(30)21-15-14-18-12-8-9-13-20(24(31)28(18)21)27-22(29)16(2)25-3/h5-7,10-11,16,18-21,25H,4,8-9,12-15H2,1-3H3,(H,26,30)(H,27,29)/t16-,18-,19+,20-,21-/m0/s1. The summed E-state index contributed by atoms with van der Waals surface area (Å²) in [5.41, 5.74) is 1.07. The van der Waals surface area contributed by atoms with Crippen LogP contribution in [-0.2, 0) is 14.4 Å². The molecule has 2 fully saturated rings. The van der Waals surface area contributed by atoms with Crippen LogP contribution in [0.4, 0.5) is 0 Å². The highest BCUT2D eigenvalue weighted by Gasteiger charge is 2.44. The summed E-state index contributed by atoms with van der Waals surface area (Å²) in [6, 6.07) is 8.50. The van der Waals surface area contributed by atoms with Crippen LogP contribution in [0.3, 0.4) is 0 Å². The summed E-state index contributed by atoms with van der Waals surface area (Å²) in [7, 11) is 1.72. The zero-order valence-corrected chi connectivity index (χ0v) is 18.9. The average Bonchev–Trinajstić information content (AvgIpc) is 3.21. The maximum Gasteiger partial charge on any atom is 0.246 e. The summed E-state index contributed by atoms with van der Waals surface area (Å²) in [6.07, 6.45) is 5.70. The third-order valence-electron chi connectivity index (χ3n) is 6.71. The van der Waals surface area contributed by atoms with E-state index in [1.807, 2.05) is 37.3 Å². The topological polar surface area (TPSA) is 90.5 Å². The van der Waals surface area contributed by atoms with E-state index in [0.29, 0.717) is 12.8 Å². The van der Waals surface area contributed by atoms with Gasteiger partial charge in [0.1, 0.15) is 12.1 Å². The summed E-state index contributed by atoms with van der Waals surface area (Å²) in [4.78, 5) is 40.9. The number of fused-ring (bicyclic) bond motifs is 1. The number of benzene rings is 1. The van der Waals surface area contributed by atoms with E-state index in [9.17, 15) is 14.4 Å². The Bertz CT molecular complexity index is 769. The summed E-state index contributed by atoms with van der Waals surface area (Å²) in [5.74, 6) is -0.402. The first-order valence-electron chi connectivity index (χ1n) is 11.6. The van der Waals surface area contributed by atoms with E-state index in [1.54, 1.807) is 18.9 Å². The lowest BCUT2D eigenvalue weighted by Crippen LogP contribution is -2.58. The largest absolute Gasteiger partial charge is 0.348 e. The van der Waals surface area contributed by atoms with Crippen LogP contribution in [-0.4, -0.2) is 53.8 Å². The van der Waals surface area contributed by atoms with Crippen LogP contribution in [0.2, 0.25) is 0 Å². The Morgan fingerprint density at radius 1 is 1.10 bits per heavy atom. The molecule has 3 N–H and O–H groups in total. The molecule has 5 atom stereocenters. The van der Waals surface area contributed by atoms with Crippen molar-refractivity contribution in [3.05, 3.63) is 35.9 Å². The molecule has 0 aromatic heterocycles. The zero-order chi connectivity index (χ0) is 22.4. The van der Waals surface area contributed by atoms with Crippen molar-refractivity contribution < 1.29 is 14.4 Å². The lowest BCUT2D eigenvalue weighted by atomic mass is 9.98. The monoisotopic (exact) mass is 428 g/mol. The summed E-state index contributed by atoms with van der Waals surface area (Å²) in [5, 5.41) is 8.99. The van der Waals surface area contributed by atoms with Crippen LogP contribution < -0.4 is 16.0 Å². The van der Waals surface area contributed by atoms with E-state index in [4.69, 9.17) is 0 Å². The molecule has 0 bridgehead atoms. The number of nitrogens with zero attached hydrogens (tertiary/aromatic N) is 1. The molecule has 7 heteroatoms. The van der Waals surface area contributed by atoms with Gasteiger partial charge in [0.15, 0.2) is 0 Å². The highest BCUT2D eigenvalue weighted by Crippen LogP contribution is 2.32. The highest BCUT2D eigenvalue weighted by molar-refractivity contribution is 5.93. The fourth-order valence-corrected chi connectivity index (χ4v) is 4.73. The molecule has 3 amide bonds. The van der Waals surface area contributed by atoms with Gasteiger partial charge in [-0.1, -0.05) is 50.1 Å². The van der Waals surface area contributed by atoms with Crippen LogP contribution in [0.1, 0.15) is 70.4 Å². The van der Waals surface area contributed by atoms with Gasteiger partial charge in [0.05, 0.1) is 12.1 Å². The number of hydrogen-bond acceptors (Lipinski definition) is 4. The third kappa shape index (κ3) is 5.45. The van der Waals surface area contributed by atoms with Crippen molar-refractivity contribution in [2.45, 2.75) is 89.0 Å². The number of nitrogens with one attached hydrogen (secondary N) is 3. The van der Waals surface area contributed by atoms with Gasteiger partial charge in [-0.15, -0.1) is 0 Å². The van der Waals surface area contributed by atoms with Crippen LogP contribution in [0, 0.1) is 0 Å². The van der Waals surface area contributed by atoms with E-state index in [-0.39, 0.29) is 35.8 Å². The van der Waals surface area contributed by atoms with Crippen LogP contribution in [0.15, 0.2) is 30.3 Å². The van der Waals surface area contributed by atoms with Crippen molar-refractivity contribution in [3.8, 4) is 0 Å². The molecule has 7 nitrogen and oxygen atoms in total. The van der Waals surface area contributed by atoms with Gasteiger partial charge in [0.25, 0.3) is 0 Å². The Hall–Kier alpha value is -2.41. The molecule has 0 spiro atoms. The van der Waals surface area contributed by atoms with Gasteiger partial charge >= 0.3 is 0 Å². The van der Waals surface area contributed by atoms with Gasteiger partial charge in [0.2, 0.25) is 17.7 Å². The van der Waals surface area contributed by atoms with Gasteiger partial charge in [-0.05, 0) is 51.6 Å². The number of amides is 3. The Kier molecular flexibility index (Phi) is 8.07. The minimum absolute atomic E-state index is 0.0708. The third-order valence-corrected chi connectivity index (χ3v) is 6.71. The fourth-order valence-electron chi connectivity index (χ4n) is 4.73. The van der Waals surface area contributed by atoms with Gasteiger partial charge in [-0.3, -0.25) is 14.4 Å². The smallest absolute Gasteiger partial charge is 0.246 e. The van der Waals surface area contributed by atoms with Crippen molar-refractivity contribution in [1.29, 1.82) is 0 Å². The fraction of sp³-hybridized carbons (Fsp3) is 0.625. The van der Waals surface area contributed by atoms with Crippen LogP contribution >= 0.6 is 0 Å². The summed E-state index contributed by atoms with van der Waals surface area (Å²) in [6.45, 7) is 3.82. The van der Waals surface area contributed by atoms with Crippen molar-refractivity contribution in [2.75, 3.05) is 7.05 Å². The predicted molar refractivity (Wildman–Crippen MR) is 120 cm³/mol. The lowest BCUT2D eigenvalue weighted by Gasteiger charge is -2.36. The number of carbonyl (C=O) groups is 3. The number of carbonyl (C=O) groups excluding carboxylic acids is 3. The first-order valence-corrected chi connectivity index (χ1v) is 11.6. The van der Waals surface area contributed by atoms with Crippen molar-refractivity contribution >= 4 is 17.7 Å². The quantitative estimate of drug-likeness (QED) is 0.621. The van der Waals surface area contributed by atoms with Gasteiger partial charge < -0.3 is 20.9 Å². The maximum atomic E-state index is 13.5. The molecule has 170 valence electrons. The minimum Gasteiger partial charge on any atom is -0.348 e. The highest BCUT2D eigenvalue weighted by atomic mass is 16.2. The Labute approximate surface area is 185 Å². The number of likely N-dealkylation sites (N-methyl/N-ethyl adjacent to an activating group) is 1. The SMILES string of the molecule is CC[C@@H](NC(=O)[C@@H]1CC[C@@H]2CCCC[C@H](NC(=O)[C@H](C)NC)C(=O)N21)c1ccccc1. The molecule has 31 heavy (non-hydrogen) atoms. The molecular formula is C24H36N4O3. The second-order valence-corrected chi connectivity index (χ2v) is 8.73. The molecule has 2 heterocycles. The van der Waals surface area contributed by atoms with Gasteiger partial charge in [0, 0.05) is 6.04 Å². The predicted octanol–water partition coefficient (Wildman–Crippen LogP) is 2.28. The normalized spacial score (nSPS) is 25.7. The van der Waals surface area contributed by atoms with Crippen LogP contribution in [0.5, 0.6) is 0 Å². The van der Waals surface area contributed by atoms with E-state index in [0.717, 1.165) is 37.7 Å². The van der Waals surface area contributed by atoms with Crippen molar-refractivity contribution in [1.82, 2.24) is 20.9 Å². The Balaban J connectivity index is 1.75. The Morgan fingerprint density at radius 2 is 1.81 bits per heavy atom. The van der Waals surface area contributed by atoms with Crippen LogP contribution in [0.25, 0.3) is 0 Å². The molecule has 1 aromatic carbocycles. The van der Waals surface area contributed by atoms with Crippen molar-refractivity contribution in [2.24, 2.45) is 0 Å². The molecule has 2 saturated heterocycles. The molecule has 1 aromatic rings. The first kappa shape index (κ1) is 23.3. The molecule has 0 unspecified atom stereocenters. The summed E-state index contributed by atoms with van der Waals surface area (Å²) < 4.78 is 0. The van der Waals surface area contributed by atoms with Gasteiger partial charge in [-0.25, -0.2) is 0 Å². The maximum absolute atomic E-state index is 13.5. The van der Waals surface area contributed by atoms with E-state index in [1.165, 1.54) is 0 Å². The summed E-state index contributed by atoms with van der Waals surface area (Å²) >= 11 is 0. The molecule has 0 radical (unpaired) electrons. The molecular weight excluding hydrogens is 392 g/mol.